The summed E-state index contributed by atoms with van der Waals surface area (Å²) in [6.07, 6.45) is 0.592. The first-order chi connectivity index (χ1) is 10.3. The van der Waals surface area contributed by atoms with Crippen molar-refractivity contribution in [2.24, 2.45) is 5.92 Å². The van der Waals surface area contributed by atoms with Crippen molar-refractivity contribution in [1.82, 2.24) is 5.32 Å². The third-order valence-electron chi connectivity index (χ3n) is 3.42. The molecule has 0 radical (unpaired) electrons. The summed E-state index contributed by atoms with van der Waals surface area (Å²) in [6, 6.07) is 7.47. The fourth-order valence-corrected chi connectivity index (χ4v) is 2.09. The second-order valence-corrected chi connectivity index (χ2v) is 6.58. The van der Waals surface area contributed by atoms with Crippen LogP contribution in [0.15, 0.2) is 24.3 Å². The second kappa shape index (κ2) is 7.94. The fourth-order valence-electron chi connectivity index (χ4n) is 2.09. The van der Waals surface area contributed by atoms with E-state index in [2.05, 4.69) is 31.4 Å². The second-order valence-electron chi connectivity index (χ2n) is 6.58. The predicted octanol–water partition coefficient (Wildman–Crippen LogP) is 2.06. The molecule has 1 rings (SSSR count). The lowest BCUT2D eigenvalue weighted by Crippen LogP contribution is -2.38. The topological polar surface area (TPSA) is 78.4 Å². The number of hydrogen-bond acceptors (Lipinski definition) is 3. The van der Waals surface area contributed by atoms with Crippen molar-refractivity contribution in [3.8, 4) is 0 Å². The molecule has 0 aromatic heterocycles. The number of rotatable bonds is 5. The van der Waals surface area contributed by atoms with E-state index in [1.54, 1.807) is 6.07 Å². The predicted molar refractivity (Wildman–Crippen MR) is 87.6 cm³/mol. The van der Waals surface area contributed by atoms with Gasteiger partial charge < -0.3 is 15.7 Å². The average Bonchev–Trinajstić information content (AvgIpc) is 2.44. The molecule has 1 aromatic carbocycles. The minimum Gasteiger partial charge on any atom is -0.396 e. The number of nitrogens with one attached hydrogen (secondary N) is 2. The zero-order valence-electron chi connectivity index (χ0n) is 13.8. The molecule has 0 heterocycles. The number of aliphatic hydroxyl groups is 1. The molecule has 0 bridgehead atoms. The molecule has 5 heteroatoms. The van der Waals surface area contributed by atoms with Crippen molar-refractivity contribution >= 4 is 17.5 Å². The van der Waals surface area contributed by atoms with Crippen LogP contribution < -0.4 is 10.6 Å². The van der Waals surface area contributed by atoms with Gasteiger partial charge in [-0.2, -0.15) is 0 Å². The molecule has 1 unspecified atom stereocenters. The Hall–Kier alpha value is -1.88. The molecule has 0 fully saturated rings. The molecule has 0 spiro atoms. The van der Waals surface area contributed by atoms with Crippen molar-refractivity contribution in [3.05, 3.63) is 29.8 Å². The molecule has 122 valence electrons. The van der Waals surface area contributed by atoms with Crippen LogP contribution in [-0.4, -0.2) is 30.1 Å². The standard InChI is InChI=1S/C17H26N2O3/c1-12(9-10-20)11-18-15(21)16(22)19-14-8-6-5-7-13(14)17(2,3)4/h5-8,12,20H,9-11H2,1-4H3,(H,18,21)(H,19,22). The molecule has 2 amide bonds. The highest BCUT2D eigenvalue weighted by Gasteiger charge is 2.21. The number of carbonyl (C=O) groups is 2. The molecule has 5 nitrogen and oxygen atoms in total. The molecule has 0 aliphatic carbocycles. The number of benzene rings is 1. The normalized spacial score (nSPS) is 12.6. The maximum atomic E-state index is 12.0. The van der Waals surface area contributed by atoms with E-state index in [0.29, 0.717) is 18.7 Å². The van der Waals surface area contributed by atoms with Crippen LogP contribution in [0.1, 0.15) is 39.7 Å². The van der Waals surface area contributed by atoms with Gasteiger partial charge in [0.25, 0.3) is 0 Å². The van der Waals surface area contributed by atoms with Gasteiger partial charge in [-0.05, 0) is 29.4 Å². The van der Waals surface area contributed by atoms with Gasteiger partial charge in [0.15, 0.2) is 0 Å². The lowest BCUT2D eigenvalue weighted by molar-refractivity contribution is -0.136. The van der Waals surface area contributed by atoms with E-state index in [-0.39, 0.29) is 17.9 Å². The monoisotopic (exact) mass is 306 g/mol. The van der Waals surface area contributed by atoms with E-state index in [4.69, 9.17) is 5.11 Å². The van der Waals surface area contributed by atoms with Gasteiger partial charge in [-0.1, -0.05) is 45.9 Å². The van der Waals surface area contributed by atoms with Crippen LogP contribution >= 0.6 is 0 Å². The zero-order chi connectivity index (χ0) is 16.8. The number of carbonyl (C=O) groups excluding carboxylic acids is 2. The molecule has 0 aliphatic rings. The Morgan fingerprint density at radius 2 is 1.82 bits per heavy atom. The van der Waals surface area contributed by atoms with E-state index in [0.717, 1.165) is 5.56 Å². The molecule has 22 heavy (non-hydrogen) atoms. The molecular formula is C17H26N2O3. The van der Waals surface area contributed by atoms with E-state index >= 15 is 0 Å². The van der Waals surface area contributed by atoms with Crippen LogP contribution in [0.3, 0.4) is 0 Å². The van der Waals surface area contributed by atoms with Crippen LogP contribution in [0.4, 0.5) is 5.69 Å². The zero-order valence-corrected chi connectivity index (χ0v) is 13.8. The van der Waals surface area contributed by atoms with E-state index in [9.17, 15) is 9.59 Å². The van der Waals surface area contributed by atoms with Crippen LogP contribution in [0.5, 0.6) is 0 Å². The molecule has 3 N–H and O–H groups in total. The molecule has 1 atom stereocenters. The SMILES string of the molecule is CC(CCO)CNC(=O)C(=O)Nc1ccccc1C(C)(C)C. The minimum atomic E-state index is -0.673. The Labute approximate surface area is 132 Å². The van der Waals surface area contributed by atoms with E-state index < -0.39 is 11.8 Å². The largest absolute Gasteiger partial charge is 0.396 e. The fraction of sp³-hybridized carbons (Fsp3) is 0.529. The third-order valence-corrected chi connectivity index (χ3v) is 3.42. The first kappa shape index (κ1) is 18.2. The third kappa shape index (κ3) is 5.48. The Kier molecular flexibility index (Phi) is 6.56. The lowest BCUT2D eigenvalue weighted by atomic mass is 9.86. The van der Waals surface area contributed by atoms with Crippen LogP contribution in [0.25, 0.3) is 0 Å². The Morgan fingerprint density at radius 1 is 1.18 bits per heavy atom. The van der Waals surface area contributed by atoms with Crippen LogP contribution in [-0.2, 0) is 15.0 Å². The average molecular weight is 306 g/mol. The molecule has 0 saturated carbocycles. The smallest absolute Gasteiger partial charge is 0.313 e. The quantitative estimate of drug-likeness (QED) is 0.729. The first-order valence-corrected chi connectivity index (χ1v) is 7.55. The Morgan fingerprint density at radius 3 is 2.41 bits per heavy atom. The van der Waals surface area contributed by atoms with E-state index in [1.807, 2.05) is 25.1 Å². The van der Waals surface area contributed by atoms with Gasteiger partial charge in [0.1, 0.15) is 0 Å². The van der Waals surface area contributed by atoms with E-state index in [1.165, 1.54) is 0 Å². The van der Waals surface area contributed by atoms with Crippen molar-refractivity contribution in [2.75, 3.05) is 18.5 Å². The van der Waals surface area contributed by atoms with Crippen LogP contribution in [0.2, 0.25) is 0 Å². The number of para-hydroxylation sites is 1. The summed E-state index contributed by atoms with van der Waals surface area (Å²) >= 11 is 0. The molecule has 1 aromatic rings. The number of anilines is 1. The van der Waals surface area contributed by atoms with Crippen molar-refractivity contribution in [1.29, 1.82) is 0 Å². The summed E-state index contributed by atoms with van der Waals surface area (Å²) in [5.41, 5.74) is 1.50. The highest BCUT2D eigenvalue weighted by Crippen LogP contribution is 2.29. The number of amides is 2. The summed E-state index contributed by atoms with van der Waals surface area (Å²) in [5, 5.41) is 14.1. The minimum absolute atomic E-state index is 0.0716. The Balaban J connectivity index is 2.67. The van der Waals surface area contributed by atoms with Crippen molar-refractivity contribution in [3.63, 3.8) is 0 Å². The summed E-state index contributed by atoms with van der Waals surface area (Å²) in [7, 11) is 0. The molecule has 0 saturated heterocycles. The Bertz CT molecular complexity index is 521. The summed E-state index contributed by atoms with van der Waals surface area (Å²) < 4.78 is 0. The van der Waals surface area contributed by atoms with Gasteiger partial charge in [-0.15, -0.1) is 0 Å². The summed E-state index contributed by atoms with van der Waals surface area (Å²) in [5.74, 6) is -1.20. The van der Waals surface area contributed by atoms with Gasteiger partial charge >= 0.3 is 11.8 Å². The highest BCUT2D eigenvalue weighted by molar-refractivity contribution is 6.39. The van der Waals surface area contributed by atoms with Gasteiger partial charge in [0.2, 0.25) is 0 Å². The molecular weight excluding hydrogens is 280 g/mol. The van der Waals surface area contributed by atoms with Crippen molar-refractivity contribution < 1.29 is 14.7 Å². The van der Waals surface area contributed by atoms with Gasteiger partial charge in [-0.25, -0.2) is 0 Å². The number of aliphatic hydroxyl groups excluding tert-OH is 1. The number of hydrogen-bond donors (Lipinski definition) is 3. The van der Waals surface area contributed by atoms with Crippen molar-refractivity contribution in [2.45, 2.75) is 39.5 Å². The van der Waals surface area contributed by atoms with Crippen LogP contribution in [0, 0.1) is 5.92 Å². The summed E-state index contributed by atoms with van der Waals surface area (Å²) in [4.78, 5) is 23.8. The lowest BCUT2D eigenvalue weighted by Gasteiger charge is -2.22. The van der Waals surface area contributed by atoms with Gasteiger partial charge in [0.05, 0.1) is 0 Å². The maximum absolute atomic E-state index is 12.0. The first-order valence-electron chi connectivity index (χ1n) is 7.55. The van der Waals surface area contributed by atoms with Gasteiger partial charge in [0, 0.05) is 18.8 Å². The van der Waals surface area contributed by atoms with Gasteiger partial charge in [-0.3, -0.25) is 9.59 Å². The highest BCUT2D eigenvalue weighted by atomic mass is 16.3. The summed E-state index contributed by atoms with van der Waals surface area (Å²) in [6.45, 7) is 8.50. The maximum Gasteiger partial charge on any atom is 0.313 e. The molecule has 0 aliphatic heterocycles.